The number of carbonyl (C=O) groups excluding carboxylic acids is 1. The maximum Gasteiger partial charge on any atom is 0.573 e. The number of amides is 1. The first-order valence-electron chi connectivity index (χ1n) is 8.17. The second-order valence-corrected chi connectivity index (χ2v) is 5.65. The van der Waals surface area contributed by atoms with Crippen molar-refractivity contribution in [1.82, 2.24) is 0 Å². The summed E-state index contributed by atoms with van der Waals surface area (Å²) in [4.78, 5) is 14.1. The minimum Gasteiger partial charge on any atom is -0.410 e. The number of alkyl halides is 3. The lowest BCUT2D eigenvalue weighted by Crippen LogP contribution is -2.37. The smallest absolute Gasteiger partial charge is 0.410 e. The summed E-state index contributed by atoms with van der Waals surface area (Å²) in [6.07, 6.45) is -5.65. The molecule has 0 radical (unpaired) electrons. The number of morpholine rings is 1. The second kappa shape index (κ2) is 8.17. The molecule has 0 aromatic heterocycles. The molecule has 1 N–H and O–H groups in total. The van der Waals surface area contributed by atoms with E-state index in [1.54, 1.807) is 30.3 Å². The quantitative estimate of drug-likeness (QED) is 0.865. The Morgan fingerprint density at radius 1 is 1.04 bits per heavy atom. The number of hydrogen-bond acceptors (Lipinski definition) is 5. The van der Waals surface area contributed by atoms with Crippen LogP contribution in [0.5, 0.6) is 11.5 Å². The Morgan fingerprint density at radius 2 is 1.74 bits per heavy atom. The lowest BCUT2D eigenvalue weighted by Gasteiger charge is -2.30. The number of hydrogen-bond donors (Lipinski definition) is 1. The van der Waals surface area contributed by atoms with E-state index in [-0.39, 0.29) is 5.69 Å². The number of para-hydroxylation sites is 1. The van der Waals surface area contributed by atoms with Crippen LogP contribution < -0.4 is 19.7 Å². The lowest BCUT2D eigenvalue weighted by molar-refractivity contribution is -0.274. The summed E-state index contributed by atoms with van der Waals surface area (Å²) in [5.41, 5.74) is 0.706. The number of halogens is 3. The number of nitrogens with zero attached hydrogens (tertiary/aromatic N) is 1. The fourth-order valence-corrected chi connectivity index (χ4v) is 2.62. The Labute approximate surface area is 153 Å². The third-order valence-electron chi connectivity index (χ3n) is 3.74. The van der Waals surface area contributed by atoms with Crippen molar-refractivity contribution in [2.45, 2.75) is 6.36 Å². The summed E-state index contributed by atoms with van der Waals surface area (Å²) in [6, 6.07) is 12.1. The van der Waals surface area contributed by atoms with Crippen LogP contribution in [0.1, 0.15) is 0 Å². The van der Waals surface area contributed by atoms with Gasteiger partial charge in [0.2, 0.25) is 0 Å². The van der Waals surface area contributed by atoms with Gasteiger partial charge in [-0.05, 0) is 24.3 Å². The first-order valence-corrected chi connectivity index (χ1v) is 8.17. The Hall–Kier alpha value is -2.94. The maximum atomic E-state index is 12.5. The Morgan fingerprint density at radius 3 is 2.41 bits per heavy atom. The van der Waals surface area contributed by atoms with Gasteiger partial charge in [0.05, 0.1) is 24.6 Å². The largest absolute Gasteiger partial charge is 0.573 e. The van der Waals surface area contributed by atoms with E-state index in [1.807, 2.05) is 4.90 Å². The van der Waals surface area contributed by atoms with E-state index in [1.165, 1.54) is 12.1 Å². The molecule has 1 fully saturated rings. The molecule has 0 aliphatic carbocycles. The molecule has 9 heteroatoms. The van der Waals surface area contributed by atoms with Gasteiger partial charge < -0.3 is 19.1 Å². The van der Waals surface area contributed by atoms with Gasteiger partial charge in [-0.15, -0.1) is 13.2 Å². The molecule has 6 nitrogen and oxygen atoms in total. The van der Waals surface area contributed by atoms with Gasteiger partial charge in [-0.25, -0.2) is 4.79 Å². The third-order valence-corrected chi connectivity index (χ3v) is 3.74. The molecule has 0 spiro atoms. The molecule has 144 valence electrons. The van der Waals surface area contributed by atoms with Crippen molar-refractivity contribution < 1.29 is 32.2 Å². The van der Waals surface area contributed by atoms with E-state index in [4.69, 9.17) is 9.47 Å². The second-order valence-electron chi connectivity index (χ2n) is 5.65. The summed E-state index contributed by atoms with van der Waals surface area (Å²) in [5.74, 6) is -0.125. The molecular formula is C18H17F3N2O4. The van der Waals surface area contributed by atoms with Crippen molar-refractivity contribution in [2.24, 2.45) is 0 Å². The van der Waals surface area contributed by atoms with E-state index < -0.39 is 18.2 Å². The number of benzene rings is 2. The highest BCUT2D eigenvalue weighted by molar-refractivity contribution is 5.91. The highest BCUT2D eigenvalue weighted by atomic mass is 19.4. The molecule has 0 atom stereocenters. The van der Waals surface area contributed by atoms with Crippen molar-refractivity contribution in [3.63, 3.8) is 0 Å². The van der Waals surface area contributed by atoms with E-state index in [0.717, 1.165) is 6.07 Å². The molecule has 0 unspecified atom stereocenters. The normalized spacial score (nSPS) is 14.6. The molecule has 1 aliphatic rings. The van der Waals surface area contributed by atoms with E-state index in [9.17, 15) is 18.0 Å². The zero-order valence-electron chi connectivity index (χ0n) is 14.2. The molecule has 1 aliphatic heterocycles. The predicted molar refractivity (Wildman–Crippen MR) is 92.2 cm³/mol. The topological polar surface area (TPSA) is 60.0 Å². The minimum atomic E-state index is -4.83. The average Bonchev–Trinajstić information content (AvgIpc) is 2.62. The number of anilines is 2. The highest BCUT2D eigenvalue weighted by Gasteiger charge is 2.31. The first kappa shape index (κ1) is 18.8. The van der Waals surface area contributed by atoms with Crippen LogP contribution in [0.25, 0.3) is 0 Å². The van der Waals surface area contributed by atoms with Crippen LogP contribution in [-0.4, -0.2) is 38.8 Å². The Kier molecular flexibility index (Phi) is 5.70. The van der Waals surface area contributed by atoms with Crippen LogP contribution in [-0.2, 0) is 4.74 Å². The van der Waals surface area contributed by atoms with Crippen molar-refractivity contribution in [1.29, 1.82) is 0 Å². The minimum absolute atomic E-state index is 0.152. The summed E-state index contributed by atoms with van der Waals surface area (Å²) >= 11 is 0. The maximum absolute atomic E-state index is 12.5. The van der Waals surface area contributed by atoms with Crippen molar-refractivity contribution in [2.75, 3.05) is 36.5 Å². The van der Waals surface area contributed by atoms with Gasteiger partial charge in [-0.1, -0.05) is 18.2 Å². The van der Waals surface area contributed by atoms with Crippen LogP contribution in [0.3, 0.4) is 0 Å². The van der Waals surface area contributed by atoms with Crippen LogP contribution >= 0.6 is 0 Å². The Balaban J connectivity index is 1.82. The predicted octanol–water partition coefficient (Wildman–Crippen LogP) is 4.03. The first-order chi connectivity index (χ1) is 12.9. The molecule has 1 amide bonds. The molecule has 1 heterocycles. The molecule has 0 bridgehead atoms. The average molecular weight is 382 g/mol. The summed E-state index contributed by atoms with van der Waals surface area (Å²) in [6.45, 7) is 2.05. The van der Waals surface area contributed by atoms with Crippen molar-refractivity contribution in [3.8, 4) is 11.5 Å². The van der Waals surface area contributed by atoms with Crippen LogP contribution in [0, 0.1) is 0 Å². The van der Waals surface area contributed by atoms with Gasteiger partial charge in [-0.3, -0.25) is 5.32 Å². The van der Waals surface area contributed by atoms with E-state index >= 15 is 0 Å². The summed E-state index contributed by atoms with van der Waals surface area (Å²) in [7, 11) is 0. The number of ether oxygens (including phenoxy) is 3. The standard InChI is InChI=1S/C18H17F3N2O4/c19-18(20,21)27-14-6-7-16(23-8-10-25-11-9-23)15(12-14)22-17(24)26-13-4-2-1-3-5-13/h1-7,12H,8-11H2,(H,22,24). The lowest BCUT2D eigenvalue weighted by atomic mass is 10.2. The SMILES string of the molecule is O=C(Nc1cc(OC(F)(F)F)ccc1N1CCOCC1)Oc1ccccc1. The van der Waals surface area contributed by atoms with Gasteiger partial charge in [-0.2, -0.15) is 0 Å². The zero-order chi connectivity index (χ0) is 19.3. The molecule has 2 aromatic carbocycles. The van der Waals surface area contributed by atoms with Gasteiger partial charge >= 0.3 is 12.5 Å². The molecule has 0 saturated carbocycles. The zero-order valence-corrected chi connectivity index (χ0v) is 14.2. The van der Waals surface area contributed by atoms with E-state index in [0.29, 0.717) is 37.7 Å². The molecule has 27 heavy (non-hydrogen) atoms. The van der Waals surface area contributed by atoms with Crippen molar-refractivity contribution >= 4 is 17.5 Å². The fourth-order valence-electron chi connectivity index (χ4n) is 2.62. The van der Waals surface area contributed by atoms with Crippen LogP contribution in [0.4, 0.5) is 29.3 Å². The van der Waals surface area contributed by atoms with Gasteiger partial charge in [0.25, 0.3) is 0 Å². The number of rotatable bonds is 4. The van der Waals surface area contributed by atoms with Gasteiger partial charge in [0.1, 0.15) is 11.5 Å². The molecule has 1 saturated heterocycles. The van der Waals surface area contributed by atoms with Crippen LogP contribution in [0.15, 0.2) is 48.5 Å². The van der Waals surface area contributed by atoms with Crippen LogP contribution in [0.2, 0.25) is 0 Å². The summed E-state index contributed by atoms with van der Waals surface area (Å²) < 4.78 is 51.9. The van der Waals surface area contributed by atoms with E-state index in [2.05, 4.69) is 10.1 Å². The molecule has 3 rings (SSSR count). The molecular weight excluding hydrogens is 365 g/mol. The molecule has 2 aromatic rings. The van der Waals surface area contributed by atoms with Gasteiger partial charge in [0.15, 0.2) is 0 Å². The summed E-state index contributed by atoms with van der Waals surface area (Å²) in [5, 5.41) is 2.49. The van der Waals surface area contributed by atoms with Gasteiger partial charge in [0, 0.05) is 19.2 Å². The number of carbonyl (C=O) groups is 1. The highest BCUT2D eigenvalue weighted by Crippen LogP contribution is 2.33. The number of nitrogens with one attached hydrogen (secondary N) is 1. The fraction of sp³-hybridized carbons (Fsp3) is 0.278. The Bertz CT molecular complexity index is 778. The van der Waals surface area contributed by atoms with Crippen molar-refractivity contribution in [3.05, 3.63) is 48.5 Å². The third kappa shape index (κ3) is 5.52. The monoisotopic (exact) mass is 382 g/mol.